The molecule has 106 valence electrons. The van der Waals surface area contributed by atoms with Crippen molar-refractivity contribution in [1.82, 2.24) is 5.32 Å². The Balaban J connectivity index is 1.57. The van der Waals surface area contributed by atoms with E-state index in [-0.39, 0.29) is 11.6 Å². The highest BCUT2D eigenvalue weighted by molar-refractivity contribution is 4.91. The first-order valence-corrected chi connectivity index (χ1v) is 7.62. The Bertz CT molecular complexity index is 253. The van der Waals surface area contributed by atoms with Crippen molar-refractivity contribution in [3.63, 3.8) is 0 Å². The molecule has 3 atom stereocenters. The van der Waals surface area contributed by atoms with Crippen LogP contribution in [0, 0.1) is 5.92 Å². The molecule has 2 N–H and O–H groups in total. The lowest BCUT2D eigenvalue weighted by Crippen LogP contribution is -2.51. The maximum absolute atomic E-state index is 9.94. The predicted molar refractivity (Wildman–Crippen MR) is 73.6 cm³/mol. The van der Waals surface area contributed by atoms with E-state index in [0.717, 1.165) is 12.3 Å². The molecule has 0 aliphatic heterocycles. The Morgan fingerprint density at radius 1 is 1.33 bits per heavy atom. The molecule has 3 nitrogen and oxygen atoms in total. The van der Waals surface area contributed by atoms with E-state index in [1.807, 2.05) is 0 Å². The molecule has 0 spiro atoms. The average Bonchev–Trinajstić information content (AvgIpc) is 2.31. The number of aliphatic hydroxyl groups is 1. The summed E-state index contributed by atoms with van der Waals surface area (Å²) in [6, 6.07) is 0. The summed E-state index contributed by atoms with van der Waals surface area (Å²) in [4.78, 5) is 0. The van der Waals surface area contributed by atoms with Crippen LogP contribution in [-0.2, 0) is 4.74 Å². The third kappa shape index (κ3) is 4.22. The number of rotatable bonds is 6. The van der Waals surface area contributed by atoms with E-state index in [0.29, 0.717) is 19.3 Å². The van der Waals surface area contributed by atoms with Crippen molar-refractivity contribution in [1.29, 1.82) is 0 Å². The number of hydrogen-bond acceptors (Lipinski definition) is 3. The molecular formula is C15H29NO2. The Morgan fingerprint density at radius 3 is 2.72 bits per heavy atom. The Morgan fingerprint density at radius 2 is 2.11 bits per heavy atom. The molecule has 0 amide bonds. The zero-order valence-corrected chi connectivity index (χ0v) is 12.0. The van der Waals surface area contributed by atoms with Gasteiger partial charge in [-0.15, -0.1) is 0 Å². The van der Waals surface area contributed by atoms with Gasteiger partial charge in [0.2, 0.25) is 0 Å². The van der Waals surface area contributed by atoms with Gasteiger partial charge in [0.15, 0.2) is 0 Å². The lowest BCUT2D eigenvalue weighted by atomic mass is 9.78. The average molecular weight is 255 g/mol. The lowest BCUT2D eigenvalue weighted by molar-refractivity contribution is -0.0334. The van der Waals surface area contributed by atoms with Gasteiger partial charge in [0.05, 0.1) is 18.8 Å². The van der Waals surface area contributed by atoms with Crippen LogP contribution in [0.2, 0.25) is 0 Å². The number of β-amino-alcohol motifs (C(OH)–C–C–N with tert-alkyl or cyclic N) is 1. The van der Waals surface area contributed by atoms with Gasteiger partial charge in [-0.3, -0.25) is 0 Å². The van der Waals surface area contributed by atoms with Gasteiger partial charge in [0.25, 0.3) is 0 Å². The van der Waals surface area contributed by atoms with Crippen LogP contribution >= 0.6 is 0 Å². The van der Waals surface area contributed by atoms with Crippen molar-refractivity contribution >= 4 is 0 Å². The third-order valence-corrected chi connectivity index (χ3v) is 4.63. The van der Waals surface area contributed by atoms with Gasteiger partial charge in [-0.25, -0.2) is 0 Å². The molecule has 2 rings (SSSR count). The molecule has 0 aromatic rings. The fourth-order valence-electron chi connectivity index (χ4n) is 3.08. The molecule has 2 saturated carbocycles. The minimum absolute atomic E-state index is 0.278. The molecule has 0 bridgehead atoms. The second-order valence-electron chi connectivity index (χ2n) is 6.68. The van der Waals surface area contributed by atoms with Crippen LogP contribution in [0.4, 0.5) is 0 Å². The Kier molecular flexibility index (Phi) is 5.05. The summed E-state index contributed by atoms with van der Waals surface area (Å²) in [5.74, 6) is 0.785. The van der Waals surface area contributed by atoms with Crippen LogP contribution < -0.4 is 5.32 Å². The number of hydrogen-bond donors (Lipinski definition) is 2. The standard InChI is InChI=1S/C15H29NO2/c1-12-5-3-6-14(9-12)18-11-13(17)10-16-15(2)7-4-8-15/h12-14,16-17H,3-11H2,1-2H3. The second kappa shape index (κ2) is 6.36. The van der Waals surface area contributed by atoms with Crippen LogP contribution in [0.1, 0.15) is 58.8 Å². The first-order chi connectivity index (χ1) is 8.57. The maximum atomic E-state index is 9.94. The summed E-state index contributed by atoms with van der Waals surface area (Å²) >= 11 is 0. The highest BCUT2D eigenvalue weighted by Crippen LogP contribution is 2.30. The van der Waals surface area contributed by atoms with Crippen molar-refractivity contribution in [3.05, 3.63) is 0 Å². The Labute approximate surface area is 111 Å². The summed E-state index contributed by atoms with van der Waals surface area (Å²) in [5, 5.41) is 13.4. The molecule has 2 aliphatic rings. The summed E-state index contributed by atoms with van der Waals surface area (Å²) in [6.07, 6.45) is 8.75. The molecule has 0 radical (unpaired) electrons. The topological polar surface area (TPSA) is 41.5 Å². The number of aliphatic hydroxyl groups excluding tert-OH is 1. The molecule has 2 fully saturated rings. The predicted octanol–water partition coefficient (Wildman–Crippen LogP) is 2.47. The second-order valence-corrected chi connectivity index (χ2v) is 6.68. The molecule has 2 aliphatic carbocycles. The highest BCUT2D eigenvalue weighted by Gasteiger charge is 2.31. The first kappa shape index (κ1) is 14.3. The normalized spacial score (nSPS) is 32.8. The van der Waals surface area contributed by atoms with Gasteiger partial charge < -0.3 is 15.2 Å². The number of nitrogens with one attached hydrogen (secondary N) is 1. The van der Waals surface area contributed by atoms with Crippen LogP contribution in [-0.4, -0.2) is 36.0 Å². The summed E-state index contributed by atoms with van der Waals surface area (Å²) in [7, 11) is 0. The quantitative estimate of drug-likeness (QED) is 0.766. The van der Waals surface area contributed by atoms with Gasteiger partial charge in [-0.2, -0.15) is 0 Å². The van der Waals surface area contributed by atoms with Crippen LogP contribution in [0.3, 0.4) is 0 Å². The van der Waals surface area contributed by atoms with E-state index in [2.05, 4.69) is 19.2 Å². The van der Waals surface area contributed by atoms with Crippen molar-refractivity contribution in [2.75, 3.05) is 13.2 Å². The van der Waals surface area contributed by atoms with Gasteiger partial charge >= 0.3 is 0 Å². The Hall–Kier alpha value is -0.120. The molecule has 3 unspecified atom stereocenters. The molecule has 0 heterocycles. The van der Waals surface area contributed by atoms with Gasteiger partial charge in [-0.05, 0) is 44.9 Å². The summed E-state index contributed by atoms with van der Waals surface area (Å²) < 4.78 is 5.84. The molecule has 0 aromatic carbocycles. The van der Waals surface area contributed by atoms with E-state index >= 15 is 0 Å². The lowest BCUT2D eigenvalue weighted by Gasteiger charge is -2.40. The van der Waals surface area contributed by atoms with Crippen molar-refractivity contribution in [2.45, 2.75) is 76.5 Å². The highest BCUT2D eigenvalue weighted by atomic mass is 16.5. The van der Waals surface area contributed by atoms with Crippen LogP contribution in [0.25, 0.3) is 0 Å². The fraction of sp³-hybridized carbons (Fsp3) is 1.00. The minimum atomic E-state index is -0.361. The van der Waals surface area contributed by atoms with E-state index < -0.39 is 0 Å². The molecule has 3 heteroatoms. The summed E-state index contributed by atoms with van der Waals surface area (Å²) in [5.41, 5.74) is 0.278. The van der Waals surface area contributed by atoms with E-state index in [1.54, 1.807) is 0 Å². The van der Waals surface area contributed by atoms with Gasteiger partial charge in [0.1, 0.15) is 0 Å². The molecule has 18 heavy (non-hydrogen) atoms. The van der Waals surface area contributed by atoms with E-state index in [4.69, 9.17) is 4.74 Å². The van der Waals surface area contributed by atoms with Crippen LogP contribution in [0.15, 0.2) is 0 Å². The monoisotopic (exact) mass is 255 g/mol. The number of ether oxygens (including phenoxy) is 1. The molecular weight excluding hydrogens is 226 g/mol. The smallest absolute Gasteiger partial charge is 0.0898 e. The maximum Gasteiger partial charge on any atom is 0.0898 e. The van der Waals surface area contributed by atoms with Gasteiger partial charge in [0, 0.05) is 12.1 Å². The van der Waals surface area contributed by atoms with Crippen molar-refractivity contribution in [3.8, 4) is 0 Å². The third-order valence-electron chi connectivity index (χ3n) is 4.63. The first-order valence-electron chi connectivity index (χ1n) is 7.62. The largest absolute Gasteiger partial charge is 0.389 e. The van der Waals surface area contributed by atoms with E-state index in [9.17, 15) is 5.11 Å². The zero-order chi connectivity index (χ0) is 13.0. The molecule has 0 saturated heterocycles. The van der Waals surface area contributed by atoms with Gasteiger partial charge in [-0.1, -0.05) is 19.8 Å². The van der Waals surface area contributed by atoms with Crippen LogP contribution in [0.5, 0.6) is 0 Å². The fourth-order valence-corrected chi connectivity index (χ4v) is 3.08. The van der Waals surface area contributed by atoms with Crippen molar-refractivity contribution in [2.24, 2.45) is 5.92 Å². The van der Waals surface area contributed by atoms with Crippen molar-refractivity contribution < 1.29 is 9.84 Å². The summed E-state index contributed by atoms with van der Waals surface area (Å²) in [6.45, 7) is 5.69. The SMILES string of the molecule is CC1CCCC(OCC(O)CNC2(C)CCC2)C1. The zero-order valence-electron chi connectivity index (χ0n) is 12.0. The minimum Gasteiger partial charge on any atom is -0.389 e. The molecule has 0 aromatic heterocycles. The van der Waals surface area contributed by atoms with E-state index in [1.165, 1.54) is 38.5 Å².